The predicted octanol–water partition coefficient (Wildman–Crippen LogP) is 42.3. The van der Waals surface area contributed by atoms with Crippen molar-refractivity contribution in [3.05, 3.63) is 0 Å². The molecule has 50 saturated carbocycles. The molecule has 0 nitrogen and oxygen atoms in total. The van der Waals surface area contributed by atoms with Crippen LogP contribution < -0.4 is 0 Å². The molecule has 144 heavy (non-hydrogen) atoms. The van der Waals surface area contributed by atoms with Crippen molar-refractivity contribution in [3.63, 3.8) is 0 Å². The molecule has 38 bridgehead atoms. The summed E-state index contributed by atoms with van der Waals surface area (Å²) >= 11 is 0. The van der Waals surface area contributed by atoms with Crippen molar-refractivity contribution in [2.45, 2.75) is 591 Å². The number of hydrogen-bond donors (Lipinski definition) is 0. The highest BCUT2D eigenvalue weighted by molar-refractivity contribution is 5.20. The van der Waals surface area contributed by atoms with Gasteiger partial charge in [0.25, 0.3) is 0 Å². The summed E-state index contributed by atoms with van der Waals surface area (Å²) in [5, 5.41) is 0. The van der Waals surface area contributed by atoms with Gasteiger partial charge in [0.2, 0.25) is 0 Å². The van der Waals surface area contributed by atoms with Crippen molar-refractivity contribution in [2.75, 3.05) is 0 Å². The highest BCUT2D eigenvalue weighted by atomic mass is 14.8. The van der Waals surface area contributed by atoms with Crippen molar-refractivity contribution in [2.24, 2.45) is 308 Å². The summed E-state index contributed by atoms with van der Waals surface area (Å²) in [6, 6.07) is 0. The van der Waals surface area contributed by atoms with Crippen molar-refractivity contribution in [1.82, 2.24) is 0 Å². The minimum Gasteiger partial charge on any atom is -0.0533 e. The van der Waals surface area contributed by atoms with E-state index >= 15 is 0 Å². The summed E-state index contributed by atoms with van der Waals surface area (Å²) in [5.74, 6) is 62.7. The molecule has 50 aliphatic rings. The first-order valence-electron chi connectivity index (χ1n) is 71.3. The molecule has 50 rings (SSSR count). The Hall–Kier alpha value is 0. The molecule has 0 spiro atoms. The first-order chi connectivity index (χ1) is 71.3. The van der Waals surface area contributed by atoms with E-state index in [-0.39, 0.29) is 0 Å². The zero-order chi connectivity index (χ0) is 95.1. The normalized spacial score (nSPS) is 54.3. The van der Waals surface area contributed by atoms with Gasteiger partial charge in [-0.05, 0) is 622 Å². The third kappa shape index (κ3) is 21.4. The van der Waals surface area contributed by atoms with Gasteiger partial charge < -0.3 is 0 Å². The van der Waals surface area contributed by atoms with Crippen LogP contribution in [0.4, 0.5) is 0 Å². The second-order valence-corrected chi connectivity index (χ2v) is 64.9. The summed E-state index contributed by atoms with van der Waals surface area (Å²) in [5.41, 5.74) is 0. The SMILES string of the molecule is C1C2CC3C4CC5CC(C14)C(C2)C3C5.C1C2CC3CC1CC(C2)C3.C1CC1.C1CC2CC1C1C3CC(C21)C1C2CCC(C2)C31.C1CC2CC1C1C3CCC(C3)C21.C1CC2CC1C1CCC21.C1CC2CCC1C1C3CCC(C21)C1C2CCC(CC2)C31.C1CC2CCC1C1C3CCC(CC3)C21.C1CC2CCC1C2.C1CC2CCC1CC2.C1CCC1.C1CCCC1.C1CCCCC1.C1CCCCCC1.C1CCCCCCC1. The molecule has 0 aliphatic heterocycles. The van der Waals surface area contributed by atoms with Crippen molar-refractivity contribution in [1.29, 1.82) is 0 Å². The summed E-state index contributed by atoms with van der Waals surface area (Å²) in [4.78, 5) is 0. The van der Waals surface area contributed by atoms with Gasteiger partial charge in [-0.25, -0.2) is 0 Å². The zero-order valence-electron chi connectivity index (χ0n) is 95.1. The van der Waals surface area contributed by atoms with E-state index in [0.29, 0.717) is 0 Å². The maximum absolute atomic E-state index is 1.70. The van der Waals surface area contributed by atoms with Crippen LogP contribution in [0.3, 0.4) is 0 Å². The molecule has 0 heteroatoms. The molecule has 0 aromatic carbocycles. The fourth-order valence-corrected chi connectivity index (χ4v) is 53.2. The van der Waals surface area contributed by atoms with E-state index in [4.69, 9.17) is 0 Å². The number of rotatable bonds is 0. The van der Waals surface area contributed by atoms with Gasteiger partial charge in [-0.1, -0.05) is 276 Å². The van der Waals surface area contributed by atoms with Crippen LogP contribution in [0.25, 0.3) is 0 Å². The molecular formula is C144H236. The number of fused-ring (bicyclic) bond motifs is 44. The fourth-order valence-electron chi connectivity index (χ4n) is 53.2. The second kappa shape index (κ2) is 46.9. The molecule has 50 aliphatic carbocycles. The van der Waals surface area contributed by atoms with Crippen LogP contribution in [0.5, 0.6) is 0 Å². The Balaban J connectivity index is 0.0000000785. The third-order valence-corrected chi connectivity index (χ3v) is 58.5. The van der Waals surface area contributed by atoms with E-state index in [0.717, 1.165) is 11.8 Å². The monoisotopic (exact) mass is 1970 g/mol. The molecule has 812 valence electrons. The molecule has 20 unspecified atom stereocenters. The van der Waals surface area contributed by atoms with Crippen LogP contribution in [0, 0.1) is 308 Å². The summed E-state index contributed by atoms with van der Waals surface area (Å²) < 4.78 is 0. The summed E-state index contributed by atoms with van der Waals surface area (Å²) in [6.45, 7) is 0. The van der Waals surface area contributed by atoms with Gasteiger partial charge in [-0.2, -0.15) is 0 Å². The molecule has 0 N–H and O–H groups in total. The Kier molecular flexibility index (Phi) is 33.2. The topological polar surface area (TPSA) is 0 Å². The van der Waals surface area contributed by atoms with E-state index < -0.39 is 0 Å². The van der Waals surface area contributed by atoms with Gasteiger partial charge in [-0.15, -0.1) is 0 Å². The second-order valence-electron chi connectivity index (χ2n) is 64.9. The van der Waals surface area contributed by atoms with E-state index in [1.165, 1.54) is 508 Å². The largest absolute Gasteiger partial charge is 0.0533 e. The average Bonchev–Trinajstić information content (AvgIpc) is 1.46. The molecule has 50 fully saturated rings. The van der Waals surface area contributed by atoms with Gasteiger partial charge in [0.15, 0.2) is 0 Å². The van der Waals surface area contributed by atoms with Crippen LogP contribution in [-0.2, 0) is 0 Å². The van der Waals surface area contributed by atoms with Crippen LogP contribution in [0.2, 0.25) is 0 Å². The van der Waals surface area contributed by atoms with Crippen molar-refractivity contribution >= 4 is 0 Å². The lowest BCUT2D eigenvalue weighted by molar-refractivity contribution is -0.211. The first-order valence-corrected chi connectivity index (χ1v) is 71.3. The number of hydrogen-bond acceptors (Lipinski definition) is 0. The Morgan fingerprint density at radius 1 is 0.0625 bits per heavy atom. The molecule has 0 saturated heterocycles. The standard InChI is InChI=1S/C20H30.C17H24.C14H20.C14H22.C12H18.C10H16.C9H14.C8H14.C8H16.C7H12.C7H14.C6H12.C5H10.C4H8.C3H6/c1-2-12-4-3-11(1)17-15-9-10-16(18(12)17)20-14-7-5-13(6-8-14)19(15)20;1-2-9-5-8(1)14-12-7-13(15(9)14)17-11-4-3-10(6-11)16(12)17;1-7-2-12-10-4-8-5-11(9(1)10)13(3-7)14(12)6-8;1-2-10-4-3-9(1)13-11-5-7-12(8-6-11)14(10)13;1-2-8-5-7(1)11-9-3-4-10(6-9)12(8)11;1-7-2-9-4-8(1)5-10(3-7)6-9;1-2-7-5-6(1)8-3-4-9(7)8;1-2-8-5-3-7(1)4-6-8;1-2-4-6-8-7-5-3-1;1-2-7-4-3-6(1)5-7;1-2-4-6-7-5-3-1;1-2-4-6-5-3-1;1-2-4-5-3-1;1-2-4-3-1;1-2-3-1/h11-20H,1-10H2;8-17H,1-7H2;7-14H,1-6H2;9-14H,1-8H2;7-12H,1-6H2;7-10H,1-6H2;6-9H,1-5H2;7-8H,1-6H2;1-8H2;6-7H,1-5H2;1-7H2;1-6H2;1-5H2;1-4H2;1-3H2. The van der Waals surface area contributed by atoms with Gasteiger partial charge in [0.1, 0.15) is 0 Å². The van der Waals surface area contributed by atoms with Crippen LogP contribution in [0.15, 0.2) is 0 Å². The Bertz CT molecular complexity index is 3370. The van der Waals surface area contributed by atoms with E-state index in [2.05, 4.69) is 0 Å². The summed E-state index contributed by atoms with van der Waals surface area (Å²) in [6.07, 6.45) is 145. The van der Waals surface area contributed by atoms with Gasteiger partial charge in [0, 0.05) is 0 Å². The minimum atomic E-state index is 1.15. The van der Waals surface area contributed by atoms with E-state index in [1.807, 2.05) is 0 Å². The third-order valence-electron chi connectivity index (χ3n) is 58.5. The highest BCUT2D eigenvalue weighted by Gasteiger charge is 2.72. The highest BCUT2D eigenvalue weighted by Crippen LogP contribution is 2.79. The first kappa shape index (κ1) is 102. The lowest BCUT2D eigenvalue weighted by Crippen LogP contribution is -2.63. The maximum Gasteiger partial charge on any atom is -0.0321 e. The molecule has 0 aromatic heterocycles. The van der Waals surface area contributed by atoms with Crippen LogP contribution in [0.1, 0.15) is 591 Å². The zero-order valence-corrected chi connectivity index (χ0v) is 95.1. The van der Waals surface area contributed by atoms with Crippen molar-refractivity contribution in [3.8, 4) is 0 Å². The van der Waals surface area contributed by atoms with Gasteiger partial charge in [-0.3, -0.25) is 0 Å². The quantitative estimate of drug-likeness (QED) is 0.168. The Morgan fingerprint density at radius 3 is 0.382 bits per heavy atom. The smallest absolute Gasteiger partial charge is 0.0321 e. The lowest BCUT2D eigenvalue weighted by atomic mass is 9.35. The Labute approximate surface area is 892 Å². The molecule has 0 radical (unpaired) electrons. The van der Waals surface area contributed by atoms with Crippen molar-refractivity contribution < 1.29 is 0 Å². The van der Waals surface area contributed by atoms with E-state index in [9.17, 15) is 0 Å². The van der Waals surface area contributed by atoms with E-state index in [1.54, 1.807) is 379 Å². The molecule has 20 atom stereocenters. The Morgan fingerprint density at radius 2 is 0.201 bits per heavy atom. The molecular weight excluding hydrogens is 1730 g/mol. The molecule has 0 heterocycles. The minimum absolute atomic E-state index is 1.15. The lowest BCUT2D eigenvalue weighted by Gasteiger charge is -2.70. The maximum atomic E-state index is 1.70. The molecule has 0 aromatic rings. The van der Waals surface area contributed by atoms with Gasteiger partial charge in [0.05, 0.1) is 0 Å². The molecule has 0 amide bonds. The summed E-state index contributed by atoms with van der Waals surface area (Å²) in [7, 11) is 0. The van der Waals surface area contributed by atoms with Crippen LogP contribution in [-0.4, -0.2) is 0 Å². The van der Waals surface area contributed by atoms with Gasteiger partial charge >= 0.3 is 0 Å². The average molecular weight is 1970 g/mol. The predicted molar refractivity (Wildman–Crippen MR) is 606 cm³/mol. The van der Waals surface area contributed by atoms with Crippen LogP contribution >= 0.6 is 0 Å². The fraction of sp³-hybridized carbons (Fsp3) is 1.00.